The van der Waals surface area contributed by atoms with E-state index >= 15 is 0 Å². The van der Waals surface area contributed by atoms with E-state index in [0.717, 1.165) is 11.3 Å². The lowest BCUT2D eigenvalue weighted by Gasteiger charge is -2.10. The second-order valence-electron chi connectivity index (χ2n) is 6.49. The summed E-state index contributed by atoms with van der Waals surface area (Å²) in [6.45, 7) is 3.22. The zero-order chi connectivity index (χ0) is 20.6. The fourth-order valence-electron chi connectivity index (χ4n) is 3.05. The minimum absolute atomic E-state index is 0.201. The van der Waals surface area contributed by atoms with E-state index < -0.39 is 0 Å². The summed E-state index contributed by atoms with van der Waals surface area (Å²) in [7, 11) is 0. The molecule has 0 spiro atoms. The zero-order valence-electron chi connectivity index (χ0n) is 16.2. The van der Waals surface area contributed by atoms with Crippen LogP contribution in [0.5, 0.6) is 0 Å². The molecule has 1 aromatic heterocycles. The van der Waals surface area contributed by atoms with Crippen LogP contribution < -0.4 is 10.6 Å². The Kier molecular flexibility index (Phi) is 7.03. The monoisotopic (exact) mass is 410 g/mol. The highest BCUT2D eigenvalue weighted by Crippen LogP contribution is 2.14. The summed E-state index contributed by atoms with van der Waals surface area (Å²) < 4.78 is 1.85. The molecule has 0 aliphatic heterocycles. The van der Waals surface area contributed by atoms with E-state index in [9.17, 15) is 9.59 Å². The summed E-state index contributed by atoms with van der Waals surface area (Å²) in [5.41, 5.74) is 2.97. The van der Waals surface area contributed by atoms with Crippen molar-refractivity contribution in [3.63, 3.8) is 0 Å². The maximum Gasteiger partial charge on any atom is 0.254 e. The van der Waals surface area contributed by atoms with Crippen LogP contribution >= 0.6 is 11.6 Å². The Morgan fingerprint density at radius 1 is 0.931 bits per heavy atom. The molecule has 0 aliphatic rings. The van der Waals surface area contributed by atoms with Gasteiger partial charge in [0.25, 0.3) is 11.8 Å². The first-order chi connectivity index (χ1) is 14.1. The van der Waals surface area contributed by atoms with Gasteiger partial charge in [0.05, 0.1) is 34.6 Å². The van der Waals surface area contributed by atoms with Gasteiger partial charge < -0.3 is 10.6 Å². The van der Waals surface area contributed by atoms with Crippen molar-refractivity contribution in [2.45, 2.75) is 19.9 Å². The molecule has 2 N–H and O–H groups in total. The van der Waals surface area contributed by atoms with Crippen LogP contribution in [0, 0.1) is 0 Å². The van der Waals surface area contributed by atoms with Crippen molar-refractivity contribution >= 4 is 23.4 Å². The Balaban J connectivity index is 1.54. The van der Waals surface area contributed by atoms with Crippen molar-refractivity contribution in [1.29, 1.82) is 0 Å². The number of aromatic nitrogens is 2. The standard InChI is InChI=1S/C22H23ClN4O2/c1-2-20-18(14-26-27(20)15-16-8-4-3-5-9-16)22(29)25-13-12-24-21(28)17-10-6-7-11-19(17)23/h3-11,14H,2,12-13,15H2,1H3,(H,24,28)(H,25,29). The molecular weight excluding hydrogens is 388 g/mol. The second kappa shape index (κ2) is 9.89. The number of halogens is 1. The van der Waals surface area contributed by atoms with Gasteiger partial charge in [-0.1, -0.05) is 61.0 Å². The lowest BCUT2D eigenvalue weighted by atomic mass is 10.1. The number of nitrogens with one attached hydrogen (secondary N) is 2. The van der Waals surface area contributed by atoms with Crippen molar-refractivity contribution in [1.82, 2.24) is 20.4 Å². The van der Waals surface area contributed by atoms with Crippen molar-refractivity contribution in [3.8, 4) is 0 Å². The van der Waals surface area contributed by atoms with Crippen LogP contribution in [0.4, 0.5) is 0 Å². The number of nitrogens with zero attached hydrogens (tertiary/aromatic N) is 2. The highest BCUT2D eigenvalue weighted by Gasteiger charge is 2.16. The molecule has 0 bridgehead atoms. The van der Waals surface area contributed by atoms with Crippen molar-refractivity contribution in [2.75, 3.05) is 13.1 Å². The molecule has 0 radical (unpaired) electrons. The largest absolute Gasteiger partial charge is 0.350 e. The van der Waals surface area contributed by atoms with E-state index in [4.69, 9.17) is 11.6 Å². The topological polar surface area (TPSA) is 76.0 Å². The van der Waals surface area contributed by atoms with Crippen LogP contribution in [0.25, 0.3) is 0 Å². The first kappa shape index (κ1) is 20.6. The van der Waals surface area contributed by atoms with Crippen LogP contribution in [-0.4, -0.2) is 34.7 Å². The second-order valence-corrected chi connectivity index (χ2v) is 6.90. The SMILES string of the molecule is CCc1c(C(=O)NCCNC(=O)c2ccccc2Cl)cnn1Cc1ccccc1. The third-order valence-electron chi connectivity index (χ3n) is 4.52. The lowest BCUT2D eigenvalue weighted by Crippen LogP contribution is -2.35. The average Bonchev–Trinajstić information content (AvgIpc) is 3.14. The van der Waals surface area contributed by atoms with E-state index in [1.807, 2.05) is 41.9 Å². The summed E-state index contributed by atoms with van der Waals surface area (Å²) in [6.07, 6.45) is 2.29. The van der Waals surface area contributed by atoms with E-state index in [1.165, 1.54) is 0 Å². The van der Waals surface area contributed by atoms with Gasteiger partial charge in [-0.05, 0) is 24.1 Å². The normalized spacial score (nSPS) is 10.6. The minimum Gasteiger partial charge on any atom is -0.350 e. The highest BCUT2D eigenvalue weighted by atomic mass is 35.5. The highest BCUT2D eigenvalue weighted by molar-refractivity contribution is 6.33. The van der Waals surface area contributed by atoms with Gasteiger partial charge in [-0.3, -0.25) is 14.3 Å². The number of carbonyl (C=O) groups is 2. The van der Waals surface area contributed by atoms with Crippen molar-refractivity contribution in [2.24, 2.45) is 0 Å². The van der Waals surface area contributed by atoms with Gasteiger partial charge >= 0.3 is 0 Å². The molecule has 3 rings (SSSR count). The Morgan fingerprint density at radius 2 is 1.55 bits per heavy atom. The summed E-state index contributed by atoms with van der Waals surface area (Å²) >= 11 is 6.02. The predicted molar refractivity (Wildman–Crippen MR) is 113 cm³/mol. The molecule has 3 aromatic rings. The summed E-state index contributed by atoms with van der Waals surface area (Å²) in [5, 5.41) is 10.4. The molecule has 0 unspecified atom stereocenters. The molecule has 0 saturated carbocycles. The molecule has 7 heteroatoms. The van der Waals surface area contributed by atoms with Crippen LogP contribution in [0.1, 0.15) is 38.9 Å². The maximum atomic E-state index is 12.6. The molecule has 150 valence electrons. The fraction of sp³-hybridized carbons (Fsp3) is 0.227. The molecule has 0 saturated heterocycles. The van der Waals surface area contributed by atoms with E-state index in [2.05, 4.69) is 15.7 Å². The molecule has 0 fully saturated rings. The Bertz CT molecular complexity index is 985. The quantitative estimate of drug-likeness (QED) is 0.559. The summed E-state index contributed by atoms with van der Waals surface area (Å²) in [5.74, 6) is -0.470. The fourth-order valence-corrected chi connectivity index (χ4v) is 3.28. The molecule has 1 heterocycles. The molecule has 29 heavy (non-hydrogen) atoms. The first-order valence-electron chi connectivity index (χ1n) is 9.49. The van der Waals surface area contributed by atoms with Gasteiger partial charge in [-0.25, -0.2) is 0 Å². The molecule has 0 atom stereocenters. The third kappa shape index (κ3) is 5.23. The van der Waals surface area contributed by atoms with Crippen LogP contribution in [0.15, 0.2) is 60.8 Å². The predicted octanol–water partition coefficient (Wildman–Crippen LogP) is 3.31. The van der Waals surface area contributed by atoms with Crippen LogP contribution in [0.2, 0.25) is 5.02 Å². The van der Waals surface area contributed by atoms with Gasteiger partial charge in [0.15, 0.2) is 0 Å². The number of hydrogen-bond donors (Lipinski definition) is 2. The maximum absolute atomic E-state index is 12.6. The first-order valence-corrected chi connectivity index (χ1v) is 9.87. The Morgan fingerprint density at radius 3 is 2.21 bits per heavy atom. The lowest BCUT2D eigenvalue weighted by molar-refractivity contribution is 0.0927. The number of amides is 2. The van der Waals surface area contributed by atoms with Crippen molar-refractivity contribution in [3.05, 3.63) is 88.2 Å². The van der Waals surface area contributed by atoms with Crippen molar-refractivity contribution < 1.29 is 9.59 Å². The van der Waals surface area contributed by atoms with Gasteiger partial charge in [0.2, 0.25) is 0 Å². The number of benzene rings is 2. The van der Waals surface area contributed by atoms with E-state index in [-0.39, 0.29) is 11.8 Å². The number of carbonyl (C=O) groups excluding carboxylic acids is 2. The number of hydrogen-bond acceptors (Lipinski definition) is 3. The molecule has 0 aliphatic carbocycles. The number of rotatable bonds is 8. The van der Waals surface area contributed by atoms with Gasteiger partial charge in [-0.2, -0.15) is 5.10 Å². The van der Waals surface area contributed by atoms with Gasteiger partial charge in [0, 0.05) is 13.1 Å². The third-order valence-corrected chi connectivity index (χ3v) is 4.85. The summed E-state index contributed by atoms with van der Waals surface area (Å²) in [6, 6.07) is 16.8. The smallest absolute Gasteiger partial charge is 0.254 e. The Labute approximate surface area is 174 Å². The van der Waals surface area contributed by atoms with Gasteiger partial charge in [-0.15, -0.1) is 0 Å². The molecule has 2 aromatic carbocycles. The van der Waals surface area contributed by atoms with E-state index in [0.29, 0.717) is 42.2 Å². The average molecular weight is 411 g/mol. The van der Waals surface area contributed by atoms with Crippen LogP contribution in [-0.2, 0) is 13.0 Å². The van der Waals surface area contributed by atoms with E-state index in [1.54, 1.807) is 30.5 Å². The van der Waals surface area contributed by atoms with Gasteiger partial charge in [0.1, 0.15) is 0 Å². The zero-order valence-corrected chi connectivity index (χ0v) is 16.9. The summed E-state index contributed by atoms with van der Waals surface area (Å²) in [4.78, 5) is 24.7. The Hall–Kier alpha value is -3.12. The van der Waals surface area contributed by atoms with Crippen LogP contribution in [0.3, 0.4) is 0 Å². The molecule has 6 nitrogen and oxygen atoms in total. The molecule has 2 amide bonds. The molecular formula is C22H23ClN4O2. The minimum atomic E-state index is -0.269.